The number of hydrogen-bond acceptors (Lipinski definition) is 4. The zero-order valence-electron chi connectivity index (χ0n) is 19.5. The van der Waals surface area contributed by atoms with E-state index in [0.717, 1.165) is 0 Å². The van der Waals surface area contributed by atoms with E-state index in [-0.39, 0.29) is 25.9 Å². The average Bonchev–Trinajstić information content (AvgIpc) is 2.75. The zero-order valence-corrected chi connectivity index (χ0v) is 20.5. The van der Waals surface area contributed by atoms with Crippen molar-refractivity contribution < 1.29 is 88.3 Å². The molecular weight excluding hydrogens is 600 g/mol. The van der Waals surface area contributed by atoms with Crippen LogP contribution in [0.3, 0.4) is 0 Å². The Morgan fingerprint density at radius 3 is 1.24 bits per heavy atom. The average molecular weight is 622 g/mol. The van der Waals surface area contributed by atoms with Gasteiger partial charge in [0.1, 0.15) is 0 Å². The normalized spacial score (nSPS) is 16.2. The highest BCUT2D eigenvalue weighted by molar-refractivity contribution is 6.60. The molecule has 0 radical (unpaired) electrons. The first kappa shape index (κ1) is 36.9. The molecule has 0 aromatic rings. The Morgan fingerprint density at radius 1 is 0.553 bits per heavy atom. The van der Waals surface area contributed by atoms with E-state index in [1.807, 2.05) is 0 Å². The molecule has 230 valence electrons. The van der Waals surface area contributed by atoms with Crippen LogP contribution in [0.5, 0.6) is 0 Å². The highest BCUT2D eigenvalue weighted by Crippen LogP contribution is 2.62. The molecule has 38 heavy (non-hydrogen) atoms. The molecule has 0 saturated carbocycles. The van der Waals surface area contributed by atoms with Crippen LogP contribution in [-0.4, -0.2) is 83.3 Å². The summed E-state index contributed by atoms with van der Waals surface area (Å²) >= 11 is 0. The van der Waals surface area contributed by atoms with E-state index in [2.05, 4.69) is 4.74 Å². The summed E-state index contributed by atoms with van der Waals surface area (Å²) in [5.41, 5.74) is 0. The molecule has 0 fully saturated rings. The van der Waals surface area contributed by atoms with Crippen LogP contribution in [0.15, 0.2) is 0 Å². The van der Waals surface area contributed by atoms with Gasteiger partial charge < -0.3 is 18.0 Å². The minimum absolute atomic E-state index is 0.0234. The number of hydrogen-bond donors (Lipinski definition) is 0. The van der Waals surface area contributed by atoms with E-state index in [0.29, 0.717) is 0 Å². The Bertz CT molecular complexity index is 729. The lowest BCUT2D eigenvalue weighted by molar-refractivity contribution is -0.458. The molecule has 0 N–H and O–H groups in total. The monoisotopic (exact) mass is 622 g/mol. The van der Waals surface area contributed by atoms with Crippen molar-refractivity contribution >= 4 is 8.80 Å². The van der Waals surface area contributed by atoms with E-state index in [1.54, 1.807) is 0 Å². The number of alkyl halides is 16. The highest BCUT2D eigenvalue weighted by atomic mass is 28.4. The van der Waals surface area contributed by atoms with Crippen LogP contribution >= 0.6 is 0 Å². The van der Waals surface area contributed by atoms with Gasteiger partial charge in [-0.25, -0.2) is 4.39 Å². The minimum atomic E-state index is -8.50. The molecule has 0 aromatic carbocycles. The van der Waals surface area contributed by atoms with Crippen molar-refractivity contribution in [3.8, 4) is 0 Å². The van der Waals surface area contributed by atoms with Gasteiger partial charge >= 0.3 is 50.5 Å². The van der Waals surface area contributed by atoms with Crippen molar-refractivity contribution in [1.29, 1.82) is 0 Å². The van der Waals surface area contributed by atoms with E-state index in [1.165, 1.54) is 20.8 Å². The van der Waals surface area contributed by atoms with Crippen LogP contribution in [0.1, 0.15) is 27.2 Å². The first-order valence-electron chi connectivity index (χ1n) is 10.3. The molecule has 0 amide bonds. The number of ether oxygens (including phenoxy) is 1. The Hall–Kier alpha value is -1.06. The van der Waals surface area contributed by atoms with Gasteiger partial charge in [-0.2, -0.15) is 65.9 Å². The smallest absolute Gasteiger partial charge is 0.374 e. The van der Waals surface area contributed by atoms with Crippen LogP contribution < -0.4 is 0 Å². The maximum Gasteiger partial charge on any atom is 0.501 e. The predicted molar refractivity (Wildman–Crippen MR) is 96.6 cm³/mol. The largest absolute Gasteiger partial charge is 0.501 e. The summed E-state index contributed by atoms with van der Waals surface area (Å²) in [7, 11) is -3.56. The second-order valence-corrected chi connectivity index (χ2v) is 10.00. The molecule has 1 atom stereocenters. The molecule has 0 aliphatic rings. The summed E-state index contributed by atoms with van der Waals surface area (Å²) < 4.78 is 231. The number of rotatable bonds is 17. The molecule has 0 aliphatic heterocycles. The summed E-state index contributed by atoms with van der Waals surface area (Å²) in [4.78, 5) is 0. The topological polar surface area (TPSA) is 36.9 Å². The van der Waals surface area contributed by atoms with Gasteiger partial charge in [0.2, 0.25) is 0 Å². The van der Waals surface area contributed by atoms with Gasteiger partial charge in [-0.1, -0.05) is 0 Å². The Kier molecular flexibility index (Phi) is 11.9. The van der Waals surface area contributed by atoms with Gasteiger partial charge in [-0.3, -0.25) is 0 Å². The van der Waals surface area contributed by atoms with Crippen molar-refractivity contribution in [3.05, 3.63) is 0 Å². The molecule has 0 rings (SSSR count). The fraction of sp³-hybridized carbons (Fsp3) is 1.00. The van der Waals surface area contributed by atoms with Gasteiger partial charge in [0.25, 0.3) is 6.36 Å². The maximum absolute atomic E-state index is 13.8. The van der Waals surface area contributed by atoms with Crippen LogP contribution in [0.25, 0.3) is 0 Å². The van der Waals surface area contributed by atoms with Crippen LogP contribution in [0, 0.1) is 0 Å². The lowest BCUT2D eigenvalue weighted by Crippen LogP contribution is -2.73. The molecule has 21 heteroatoms. The van der Waals surface area contributed by atoms with Crippen molar-refractivity contribution in [2.24, 2.45) is 0 Å². The zero-order chi connectivity index (χ0) is 30.6. The van der Waals surface area contributed by atoms with Gasteiger partial charge in [0, 0.05) is 25.9 Å². The second-order valence-electron chi connectivity index (χ2n) is 7.27. The molecule has 0 aliphatic carbocycles. The van der Waals surface area contributed by atoms with E-state index >= 15 is 0 Å². The first-order valence-corrected chi connectivity index (χ1v) is 12.3. The first-order chi connectivity index (χ1) is 16.8. The summed E-state index contributed by atoms with van der Waals surface area (Å²) in [6, 6.07) is -0.371. The van der Waals surface area contributed by atoms with Gasteiger partial charge in [0.15, 0.2) is 0 Å². The van der Waals surface area contributed by atoms with Gasteiger partial charge in [-0.15, -0.1) is 0 Å². The Morgan fingerprint density at radius 2 is 0.895 bits per heavy atom. The molecule has 0 aromatic heterocycles. The Labute approximate surface area is 205 Å². The fourth-order valence-corrected chi connectivity index (χ4v) is 5.28. The van der Waals surface area contributed by atoms with Crippen LogP contribution in [-0.2, 0) is 18.0 Å². The lowest BCUT2D eigenvalue weighted by atomic mass is 9.91. The summed E-state index contributed by atoms with van der Waals surface area (Å²) in [5.74, 6) is -48.5. The van der Waals surface area contributed by atoms with E-state index in [4.69, 9.17) is 13.3 Å². The van der Waals surface area contributed by atoms with E-state index in [9.17, 15) is 70.2 Å². The quantitative estimate of drug-likeness (QED) is 0.0985. The van der Waals surface area contributed by atoms with Crippen LogP contribution in [0.2, 0.25) is 6.04 Å². The molecule has 0 heterocycles. The Balaban J connectivity index is 5.91. The SMILES string of the molecule is CCO[Si](CCCOC(F)C(F)(F)C(F)(F)C(F)(F)C(F)(F)C(F)(F)C(F)(F)C(F)(F)F)(OCC)OCC. The van der Waals surface area contributed by atoms with Crippen molar-refractivity contribution in [1.82, 2.24) is 0 Å². The summed E-state index contributed by atoms with van der Waals surface area (Å²) in [5, 5.41) is 0. The third-order valence-corrected chi connectivity index (χ3v) is 7.77. The molecule has 4 nitrogen and oxygen atoms in total. The fourth-order valence-electron chi connectivity index (χ4n) is 2.70. The molecule has 1 unspecified atom stereocenters. The molecular formula is C17H22F16O4Si. The van der Waals surface area contributed by atoms with Crippen molar-refractivity contribution in [3.63, 3.8) is 0 Å². The second kappa shape index (κ2) is 12.2. The molecule has 0 saturated heterocycles. The van der Waals surface area contributed by atoms with Crippen molar-refractivity contribution in [2.45, 2.75) is 81.3 Å². The number of halogens is 16. The van der Waals surface area contributed by atoms with Gasteiger partial charge in [-0.05, 0) is 27.2 Å². The highest BCUT2D eigenvalue weighted by Gasteiger charge is 2.94. The standard InChI is InChI=1S/C17H22F16O4Si/c1-4-35-38(36-5-2,37-6-3)9-7-8-34-10(18)11(19,20)12(21,22)13(23,24)14(25,26)15(27,28)16(29,30)17(31,32)33/h10H,4-9H2,1-3H3. The van der Waals surface area contributed by atoms with Gasteiger partial charge in [0.05, 0.1) is 6.61 Å². The van der Waals surface area contributed by atoms with Crippen molar-refractivity contribution in [2.75, 3.05) is 26.4 Å². The summed E-state index contributed by atoms with van der Waals surface area (Å²) in [6.45, 7) is 2.99. The minimum Gasteiger partial charge on any atom is -0.374 e. The maximum atomic E-state index is 13.8. The summed E-state index contributed by atoms with van der Waals surface area (Å²) in [6.07, 6.45) is -13.3. The van der Waals surface area contributed by atoms with E-state index < -0.39 is 69.9 Å². The molecule has 0 spiro atoms. The lowest BCUT2D eigenvalue weighted by Gasteiger charge is -2.41. The predicted octanol–water partition coefficient (Wildman–Crippen LogP) is 7.11. The third kappa shape index (κ3) is 6.46. The van der Waals surface area contributed by atoms with Crippen LogP contribution in [0.4, 0.5) is 70.2 Å². The molecule has 0 bridgehead atoms. The third-order valence-electron chi connectivity index (χ3n) is 4.62.